The van der Waals surface area contributed by atoms with E-state index in [1.165, 1.54) is 122 Å². The van der Waals surface area contributed by atoms with Crippen LogP contribution < -0.4 is 25.8 Å². The Kier molecular flexibility index (Phi) is 22.7. The van der Waals surface area contributed by atoms with Crippen LogP contribution in [0.4, 0.5) is 16.2 Å². The lowest BCUT2D eigenvalue weighted by molar-refractivity contribution is 0.150. The van der Waals surface area contributed by atoms with Crippen molar-refractivity contribution in [1.29, 1.82) is 0 Å². The zero-order valence-corrected chi connectivity index (χ0v) is 33.1. The molecule has 10 nitrogen and oxygen atoms in total. The third-order valence-electron chi connectivity index (χ3n) is 10.7. The first-order valence-electron chi connectivity index (χ1n) is 19.1. The van der Waals surface area contributed by atoms with E-state index in [1.807, 2.05) is 24.3 Å². The Morgan fingerprint density at radius 2 is 1.19 bits per heavy atom. The van der Waals surface area contributed by atoms with Gasteiger partial charge in [0, 0.05) is 30.9 Å². The van der Waals surface area contributed by atoms with Crippen LogP contribution in [0.25, 0.3) is 0 Å². The summed E-state index contributed by atoms with van der Waals surface area (Å²) in [6, 6.07) is 15.0. The lowest BCUT2D eigenvalue weighted by Gasteiger charge is -2.37. The number of hydrogen-bond acceptors (Lipinski definition) is 8. The molecule has 4 N–H and O–H groups in total. The van der Waals surface area contributed by atoms with Crippen LogP contribution in [0.15, 0.2) is 53.5 Å². The number of hydrogen-bond donors (Lipinski definition) is 3. The molecule has 0 spiro atoms. The number of amides is 2. The summed E-state index contributed by atoms with van der Waals surface area (Å²) < 4.78 is 10.1. The second-order valence-corrected chi connectivity index (χ2v) is 14.3. The first-order valence-corrected chi connectivity index (χ1v) is 19.1. The van der Waals surface area contributed by atoms with E-state index >= 15 is 0 Å². The molecule has 52 heavy (non-hydrogen) atoms. The summed E-state index contributed by atoms with van der Waals surface area (Å²) in [5, 5.41) is 6.17. The molecule has 6 rings (SSSR count). The quantitative estimate of drug-likeness (QED) is 0.173. The van der Waals surface area contributed by atoms with Gasteiger partial charge in [-0.2, -0.15) is 4.99 Å². The van der Waals surface area contributed by atoms with Gasteiger partial charge in [-0.1, -0.05) is 38.5 Å². The highest BCUT2D eigenvalue weighted by atomic mass is 35.5. The number of methoxy groups -OCH3 is 2. The van der Waals surface area contributed by atoms with E-state index in [1.54, 1.807) is 38.5 Å². The molecule has 0 unspecified atom stereocenters. The number of halogens is 2. The summed E-state index contributed by atoms with van der Waals surface area (Å²) in [5.41, 5.74) is 7.55. The fraction of sp³-hybridized carbons (Fsp3) is 0.650. The van der Waals surface area contributed by atoms with Gasteiger partial charge in [-0.15, -0.1) is 24.8 Å². The molecule has 2 saturated heterocycles. The van der Waals surface area contributed by atoms with Crippen LogP contribution in [0.3, 0.4) is 0 Å². The predicted molar refractivity (Wildman–Crippen MR) is 217 cm³/mol. The molecule has 292 valence electrons. The minimum atomic E-state index is -0.0966. The molecule has 0 radical (unpaired) electrons. The first kappa shape index (κ1) is 45.3. The van der Waals surface area contributed by atoms with Gasteiger partial charge in [0.1, 0.15) is 11.5 Å². The van der Waals surface area contributed by atoms with E-state index < -0.39 is 0 Å². The normalized spacial score (nSPS) is 23.2. The van der Waals surface area contributed by atoms with E-state index in [2.05, 4.69) is 25.4 Å². The Bertz CT molecular complexity index is 1290. The number of carbonyl (C=O) groups is 1. The molecular weight excluding hydrogens is 699 g/mol. The van der Waals surface area contributed by atoms with Crippen molar-refractivity contribution in [2.45, 2.75) is 102 Å². The van der Waals surface area contributed by atoms with Gasteiger partial charge in [0.2, 0.25) is 6.08 Å². The number of nitrogens with two attached hydrogens (primary N) is 1. The summed E-state index contributed by atoms with van der Waals surface area (Å²) in [7, 11) is 3.22. The minimum Gasteiger partial charge on any atom is -0.497 e. The zero-order valence-electron chi connectivity index (χ0n) is 31.4. The zero-order chi connectivity index (χ0) is 35.4. The summed E-state index contributed by atoms with van der Waals surface area (Å²) >= 11 is 0. The molecule has 12 heteroatoms. The van der Waals surface area contributed by atoms with Gasteiger partial charge in [-0.05, 0) is 138 Å². The van der Waals surface area contributed by atoms with Gasteiger partial charge in [-0.3, -0.25) is 0 Å². The second kappa shape index (κ2) is 26.0. The number of nitrogens with one attached hydrogen (secondary N) is 2. The van der Waals surface area contributed by atoms with Crippen molar-refractivity contribution in [3.63, 3.8) is 0 Å². The number of carbonyl (C=O) groups excluding carboxylic acids is 2. The fourth-order valence-corrected chi connectivity index (χ4v) is 7.75. The molecule has 2 aromatic rings. The van der Waals surface area contributed by atoms with Crippen LogP contribution in [0.5, 0.6) is 11.5 Å². The molecule has 2 aromatic carbocycles. The largest absolute Gasteiger partial charge is 0.497 e. The van der Waals surface area contributed by atoms with Crippen molar-refractivity contribution in [2.24, 2.45) is 22.6 Å². The summed E-state index contributed by atoms with van der Waals surface area (Å²) in [5.74, 6) is 2.91. The maximum atomic E-state index is 12.4. The molecule has 2 aliphatic heterocycles. The SMILES string of the molecule is COc1ccc(N=C=O)cc1.COc1ccc(NC(=O)N[C@@H]2CCCC[C@H]2CN2CCCCC2)cc1.Cl.Cl.N[C@@H]1CCCC[C@H]1CN1CCCCC1. The Labute approximate surface area is 324 Å². The fourth-order valence-electron chi connectivity index (χ4n) is 7.75. The lowest BCUT2D eigenvalue weighted by Crippen LogP contribution is -2.48. The van der Waals surface area contributed by atoms with Crippen LogP contribution in [0.2, 0.25) is 0 Å². The van der Waals surface area contributed by atoms with Crippen molar-refractivity contribution < 1.29 is 19.1 Å². The Morgan fingerprint density at radius 1 is 0.712 bits per heavy atom. The lowest BCUT2D eigenvalue weighted by atomic mass is 9.84. The van der Waals surface area contributed by atoms with Crippen LogP contribution >= 0.6 is 24.8 Å². The van der Waals surface area contributed by atoms with Gasteiger partial charge >= 0.3 is 6.03 Å². The van der Waals surface area contributed by atoms with E-state index in [9.17, 15) is 9.59 Å². The third kappa shape index (κ3) is 16.4. The van der Waals surface area contributed by atoms with E-state index in [4.69, 9.17) is 15.2 Å². The number of nitrogens with zero attached hydrogens (tertiary/aromatic N) is 3. The number of piperidine rings is 2. The van der Waals surface area contributed by atoms with Gasteiger partial charge in [0.15, 0.2) is 0 Å². The van der Waals surface area contributed by atoms with Gasteiger partial charge in [0.05, 0.1) is 19.9 Å². The molecule has 4 atom stereocenters. The van der Waals surface area contributed by atoms with Gasteiger partial charge in [-0.25, -0.2) is 9.59 Å². The monoisotopic (exact) mass is 762 g/mol. The van der Waals surface area contributed by atoms with Crippen LogP contribution in [0.1, 0.15) is 89.9 Å². The summed E-state index contributed by atoms with van der Waals surface area (Å²) in [4.78, 5) is 30.9. The molecule has 4 fully saturated rings. The molecule has 4 aliphatic rings. The van der Waals surface area contributed by atoms with Crippen molar-refractivity contribution in [2.75, 3.05) is 58.8 Å². The molecular formula is C40H64Cl2N6O4. The van der Waals surface area contributed by atoms with Crippen LogP contribution in [-0.4, -0.2) is 87.5 Å². The minimum absolute atomic E-state index is 0. The highest BCUT2D eigenvalue weighted by Gasteiger charge is 2.29. The van der Waals surface area contributed by atoms with Gasteiger partial charge < -0.3 is 35.6 Å². The van der Waals surface area contributed by atoms with E-state index in [0.717, 1.165) is 36.1 Å². The Balaban J connectivity index is 0.000000294. The third-order valence-corrected chi connectivity index (χ3v) is 10.7. The first-order chi connectivity index (χ1) is 24.5. The number of urea groups is 1. The van der Waals surface area contributed by atoms with Crippen LogP contribution in [-0.2, 0) is 4.79 Å². The maximum absolute atomic E-state index is 12.4. The number of anilines is 1. The number of rotatable bonds is 9. The topological polar surface area (TPSA) is 122 Å². The number of aliphatic imine (C=N–C) groups is 1. The Morgan fingerprint density at radius 3 is 1.71 bits per heavy atom. The summed E-state index contributed by atoms with van der Waals surface area (Å²) in [6.07, 6.45) is 19.9. The molecule has 0 aromatic heterocycles. The molecule has 2 saturated carbocycles. The smallest absolute Gasteiger partial charge is 0.319 e. The average molecular weight is 764 g/mol. The number of likely N-dealkylation sites (tertiary alicyclic amines) is 2. The predicted octanol–water partition coefficient (Wildman–Crippen LogP) is 8.36. The number of isocyanates is 1. The van der Waals surface area contributed by atoms with Crippen molar-refractivity contribution in [3.05, 3.63) is 48.5 Å². The van der Waals surface area contributed by atoms with Crippen molar-refractivity contribution in [1.82, 2.24) is 15.1 Å². The number of ether oxygens (including phenoxy) is 2. The van der Waals surface area contributed by atoms with E-state index in [-0.39, 0.29) is 36.9 Å². The van der Waals surface area contributed by atoms with Crippen molar-refractivity contribution >= 4 is 48.3 Å². The van der Waals surface area contributed by atoms with Gasteiger partial charge in [0.25, 0.3) is 0 Å². The maximum Gasteiger partial charge on any atom is 0.319 e. The van der Waals surface area contributed by atoms with Crippen LogP contribution in [0, 0.1) is 11.8 Å². The van der Waals surface area contributed by atoms with Crippen molar-refractivity contribution in [3.8, 4) is 11.5 Å². The molecule has 2 aliphatic carbocycles. The molecule has 0 bridgehead atoms. The average Bonchev–Trinajstić information content (AvgIpc) is 3.15. The highest BCUT2D eigenvalue weighted by Crippen LogP contribution is 2.27. The summed E-state index contributed by atoms with van der Waals surface area (Å²) in [6.45, 7) is 7.50. The highest BCUT2D eigenvalue weighted by molar-refractivity contribution is 5.89. The second-order valence-electron chi connectivity index (χ2n) is 14.3. The Hall–Kier alpha value is -2.85. The molecule has 2 amide bonds. The molecule has 2 heterocycles. The number of benzene rings is 2. The van der Waals surface area contributed by atoms with E-state index in [0.29, 0.717) is 17.6 Å². The standard InChI is InChI=1S/C20H31N3O2.C12H24N2.C8H7NO2.2ClH/c1-25-18-11-9-17(10-12-18)21-20(24)22-19-8-4-3-7-16(19)15-23-13-5-2-6-14-23;13-12-7-3-2-6-11(12)10-14-8-4-1-5-9-14;1-11-8-4-2-7(3-5-8)9-6-10;;/h9-12,16,19H,2-8,13-15H2,1H3,(H2,21,22,24);11-12H,1-10,13H2;2-5H,1H3;2*1H/t16-,19+;11-,12+;;;/m00.../s1.